The maximum atomic E-state index is 10.6. The summed E-state index contributed by atoms with van der Waals surface area (Å²) in [6, 6.07) is 0. The second-order valence-corrected chi connectivity index (χ2v) is 4.18. The predicted octanol–water partition coefficient (Wildman–Crippen LogP) is 2.92. The first kappa shape index (κ1) is 15.2. The molecule has 16 heavy (non-hydrogen) atoms. The fourth-order valence-corrected chi connectivity index (χ4v) is 1.69. The van der Waals surface area contributed by atoms with E-state index < -0.39 is 5.97 Å². The quantitative estimate of drug-likeness (QED) is 0.486. The Morgan fingerprint density at radius 2 is 1.75 bits per heavy atom. The standard InChI is InChI=1S/C13H25NO2/c1-4-9-14(10-5-2)11-7-6-8-12(3)13(15)16/h8H,4-7,9-11H2,1-3H3,(H,15,16)/b12-8+. The monoisotopic (exact) mass is 227 g/mol. The molecule has 0 aromatic rings. The molecule has 0 heterocycles. The summed E-state index contributed by atoms with van der Waals surface area (Å²) in [4.78, 5) is 13.0. The molecule has 0 radical (unpaired) electrons. The first-order valence-electron chi connectivity index (χ1n) is 6.24. The third kappa shape index (κ3) is 7.46. The van der Waals surface area contributed by atoms with Crippen molar-refractivity contribution in [1.82, 2.24) is 4.90 Å². The zero-order valence-electron chi connectivity index (χ0n) is 10.8. The average molecular weight is 227 g/mol. The van der Waals surface area contributed by atoms with Crippen LogP contribution in [-0.2, 0) is 4.79 Å². The van der Waals surface area contributed by atoms with Crippen LogP contribution in [0.5, 0.6) is 0 Å². The Morgan fingerprint density at radius 1 is 1.19 bits per heavy atom. The number of carboxylic acids is 1. The summed E-state index contributed by atoms with van der Waals surface area (Å²) in [6.45, 7) is 9.41. The summed E-state index contributed by atoms with van der Waals surface area (Å²) in [5.41, 5.74) is 0.456. The van der Waals surface area contributed by atoms with Crippen LogP contribution in [0.15, 0.2) is 11.6 Å². The molecule has 0 aromatic carbocycles. The average Bonchev–Trinajstić information content (AvgIpc) is 2.24. The van der Waals surface area contributed by atoms with Gasteiger partial charge in [0.1, 0.15) is 0 Å². The van der Waals surface area contributed by atoms with Gasteiger partial charge >= 0.3 is 5.97 Å². The molecule has 0 aromatic heterocycles. The number of allylic oxidation sites excluding steroid dienone is 1. The Morgan fingerprint density at radius 3 is 2.19 bits per heavy atom. The van der Waals surface area contributed by atoms with Crippen LogP contribution in [0.2, 0.25) is 0 Å². The summed E-state index contributed by atoms with van der Waals surface area (Å²) in [6.07, 6.45) is 6.10. The number of aliphatic carboxylic acids is 1. The van der Waals surface area contributed by atoms with Crippen molar-refractivity contribution in [3.8, 4) is 0 Å². The Bertz CT molecular complexity index is 218. The molecule has 0 aliphatic carbocycles. The van der Waals surface area contributed by atoms with Gasteiger partial charge in [0.25, 0.3) is 0 Å². The molecule has 0 spiro atoms. The predicted molar refractivity (Wildman–Crippen MR) is 67.6 cm³/mol. The van der Waals surface area contributed by atoms with Crippen molar-refractivity contribution in [2.45, 2.75) is 46.5 Å². The zero-order valence-corrected chi connectivity index (χ0v) is 10.8. The first-order chi connectivity index (χ1) is 7.61. The molecule has 0 bridgehead atoms. The van der Waals surface area contributed by atoms with Crippen LogP contribution in [0.3, 0.4) is 0 Å². The van der Waals surface area contributed by atoms with Gasteiger partial charge in [0, 0.05) is 5.57 Å². The van der Waals surface area contributed by atoms with Crippen molar-refractivity contribution in [2.24, 2.45) is 0 Å². The van der Waals surface area contributed by atoms with Gasteiger partial charge in [-0.25, -0.2) is 4.79 Å². The van der Waals surface area contributed by atoms with Crippen molar-refractivity contribution >= 4 is 5.97 Å². The summed E-state index contributed by atoms with van der Waals surface area (Å²) >= 11 is 0. The minimum absolute atomic E-state index is 0.456. The molecule has 0 aliphatic rings. The summed E-state index contributed by atoms with van der Waals surface area (Å²) < 4.78 is 0. The van der Waals surface area contributed by atoms with Gasteiger partial charge < -0.3 is 10.0 Å². The molecule has 0 rings (SSSR count). The number of hydrogen-bond acceptors (Lipinski definition) is 2. The highest BCUT2D eigenvalue weighted by atomic mass is 16.4. The highest BCUT2D eigenvalue weighted by Crippen LogP contribution is 2.02. The number of rotatable bonds is 9. The second-order valence-electron chi connectivity index (χ2n) is 4.18. The van der Waals surface area contributed by atoms with Crippen molar-refractivity contribution in [1.29, 1.82) is 0 Å². The summed E-state index contributed by atoms with van der Waals surface area (Å²) in [5.74, 6) is -0.807. The Hall–Kier alpha value is -0.830. The van der Waals surface area contributed by atoms with Crippen LogP contribution in [0.1, 0.15) is 46.5 Å². The molecule has 0 unspecified atom stereocenters. The van der Waals surface area contributed by atoms with Gasteiger partial charge in [-0.1, -0.05) is 19.9 Å². The number of carbonyl (C=O) groups is 1. The number of nitrogens with zero attached hydrogens (tertiary/aromatic N) is 1. The van der Waals surface area contributed by atoms with Crippen molar-refractivity contribution in [3.63, 3.8) is 0 Å². The van der Waals surface area contributed by atoms with Crippen LogP contribution in [0, 0.1) is 0 Å². The summed E-state index contributed by atoms with van der Waals surface area (Å²) in [5, 5.41) is 8.68. The van der Waals surface area contributed by atoms with Gasteiger partial charge in [-0.15, -0.1) is 0 Å². The van der Waals surface area contributed by atoms with Crippen LogP contribution >= 0.6 is 0 Å². The molecular weight excluding hydrogens is 202 g/mol. The Kier molecular flexibility index (Phi) is 8.91. The molecule has 0 atom stereocenters. The molecule has 1 N–H and O–H groups in total. The minimum Gasteiger partial charge on any atom is -0.478 e. The van der Waals surface area contributed by atoms with E-state index >= 15 is 0 Å². The largest absolute Gasteiger partial charge is 0.478 e. The molecular formula is C13H25NO2. The van der Waals surface area contributed by atoms with E-state index in [0.29, 0.717) is 5.57 Å². The van der Waals surface area contributed by atoms with Crippen molar-refractivity contribution in [3.05, 3.63) is 11.6 Å². The van der Waals surface area contributed by atoms with Gasteiger partial charge in [0.2, 0.25) is 0 Å². The van der Waals surface area contributed by atoms with E-state index in [1.54, 1.807) is 6.92 Å². The summed E-state index contributed by atoms with van der Waals surface area (Å²) in [7, 11) is 0. The highest BCUT2D eigenvalue weighted by Gasteiger charge is 2.02. The smallest absolute Gasteiger partial charge is 0.330 e. The molecule has 0 saturated heterocycles. The lowest BCUT2D eigenvalue weighted by molar-refractivity contribution is -0.132. The topological polar surface area (TPSA) is 40.5 Å². The second kappa shape index (κ2) is 9.40. The fourth-order valence-electron chi connectivity index (χ4n) is 1.69. The lowest BCUT2D eigenvalue weighted by Crippen LogP contribution is -2.26. The van der Waals surface area contributed by atoms with E-state index in [1.165, 1.54) is 12.8 Å². The van der Waals surface area contributed by atoms with E-state index in [0.717, 1.165) is 32.5 Å². The van der Waals surface area contributed by atoms with E-state index in [2.05, 4.69) is 18.7 Å². The number of hydrogen-bond donors (Lipinski definition) is 1. The molecule has 0 aliphatic heterocycles. The van der Waals surface area contributed by atoms with E-state index in [9.17, 15) is 4.79 Å². The maximum absolute atomic E-state index is 10.6. The third-order valence-corrected chi connectivity index (χ3v) is 2.55. The van der Waals surface area contributed by atoms with Gasteiger partial charge in [-0.3, -0.25) is 0 Å². The van der Waals surface area contributed by atoms with Crippen LogP contribution in [0.4, 0.5) is 0 Å². The van der Waals surface area contributed by atoms with E-state index in [-0.39, 0.29) is 0 Å². The Balaban J connectivity index is 3.76. The lowest BCUT2D eigenvalue weighted by Gasteiger charge is -2.20. The highest BCUT2D eigenvalue weighted by molar-refractivity contribution is 5.85. The van der Waals surface area contributed by atoms with Crippen LogP contribution < -0.4 is 0 Å². The fraction of sp³-hybridized carbons (Fsp3) is 0.769. The number of carboxylic acid groups (broad SMARTS) is 1. The van der Waals surface area contributed by atoms with Gasteiger partial charge in [-0.2, -0.15) is 0 Å². The maximum Gasteiger partial charge on any atom is 0.330 e. The SMILES string of the molecule is CCCN(CCC)CCC/C=C(\C)C(=O)O. The van der Waals surface area contributed by atoms with Gasteiger partial charge in [0.05, 0.1) is 0 Å². The van der Waals surface area contributed by atoms with Crippen molar-refractivity contribution < 1.29 is 9.90 Å². The normalized spacial score (nSPS) is 12.1. The molecule has 3 heteroatoms. The van der Waals surface area contributed by atoms with E-state index in [4.69, 9.17) is 5.11 Å². The molecule has 0 amide bonds. The molecule has 0 saturated carbocycles. The lowest BCUT2D eigenvalue weighted by atomic mass is 10.2. The van der Waals surface area contributed by atoms with Crippen LogP contribution in [0.25, 0.3) is 0 Å². The van der Waals surface area contributed by atoms with E-state index in [1.807, 2.05) is 6.08 Å². The third-order valence-electron chi connectivity index (χ3n) is 2.55. The first-order valence-corrected chi connectivity index (χ1v) is 6.24. The molecule has 0 fully saturated rings. The minimum atomic E-state index is -0.807. The van der Waals surface area contributed by atoms with Crippen molar-refractivity contribution in [2.75, 3.05) is 19.6 Å². The zero-order chi connectivity index (χ0) is 12.4. The van der Waals surface area contributed by atoms with Gasteiger partial charge in [-0.05, 0) is 52.2 Å². The number of unbranched alkanes of at least 4 members (excludes halogenated alkanes) is 1. The van der Waals surface area contributed by atoms with Gasteiger partial charge in [0.15, 0.2) is 0 Å². The molecule has 94 valence electrons. The van der Waals surface area contributed by atoms with Crippen LogP contribution in [-0.4, -0.2) is 35.6 Å². The molecule has 3 nitrogen and oxygen atoms in total. The Labute approximate surface area is 99.1 Å².